The Morgan fingerprint density at radius 1 is 0.938 bits per heavy atom. The van der Waals surface area contributed by atoms with Crippen LogP contribution in [0.5, 0.6) is 0 Å². The Labute approximate surface area is 82.7 Å². The molecule has 1 rings (SSSR count). The summed E-state index contributed by atoms with van der Waals surface area (Å²) in [5, 5.41) is 3.63. The van der Waals surface area contributed by atoms with Gasteiger partial charge in [0.25, 0.3) is 0 Å². The third kappa shape index (κ3) is 2.16. The standard InChI is InChI=1S/C5H3F8N3/c6-3(7,4(8,9)10)2-1-16(15-14-2)5(11,12)13/h2H,1H2. The molecule has 1 aliphatic rings. The van der Waals surface area contributed by atoms with Gasteiger partial charge in [0.2, 0.25) is 0 Å². The molecule has 0 aliphatic carbocycles. The van der Waals surface area contributed by atoms with Crippen LogP contribution in [0.1, 0.15) is 0 Å². The lowest BCUT2D eigenvalue weighted by Crippen LogP contribution is -2.49. The van der Waals surface area contributed by atoms with Gasteiger partial charge in [-0.25, -0.2) is 0 Å². The van der Waals surface area contributed by atoms with E-state index in [9.17, 15) is 35.1 Å². The van der Waals surface area contributed by atoms with Crippen molar-refractivity contribution in [3.05, 3.63) is 0 Å². The second-order valence-corrected chi connectivity index (χ2v) is 2.89. The molecule has 1 atom stereocenters. The summed E-state index contributed by atoms with van der Waals surface area (Å²) in [5.74, 6) is -5.34. The van der Waals surface area contributed by atoms with Crippen molar-refractivity contribution in [2.75, 3.05) is 6.54 Å². The predicted octanol–water partition coefficient (Wildman–Crippen LogP) is 2.76. The summed E-state index contributed by atoms with van der Waals surface area (Å²) >= 11 is 0. The molecule has 0 N–H and O–H groups in total. The van der Waals surface area contributed by atoms with E-state index in [-0.39, 0.29) is 0 Å². The maximum Gasteiger partial charge on any atom is 0.501 e. The van der Waals surface area contributed by atoms with Crippen molar-refractivity contribution in [1.82, 2.24) is 5.01 Å². The molecule has 1 unspecified atom stereocenters. The summed E-state index contributed by atoms with van der Waals surface area (Å²) in [4.78, 5) is 0. The molecule has 0 radical (unpaired) electrons. The highest BCUT2D eigenvalue weighted by Crippen LogP contribution is 2.42. The first-order chi connectivity index (χ1) is 6.96. The topological polar surface area (TPSA) is 28.0 Å². The van der Waals surface area contributed by atoms with Gasteiger partial charge < -0.3 is 0 Å². The zero-order chi connectivity index (χ0) is 12.8. The van der Waals surface area contributed by atoms with Crippen molar-refractivity contribution >= 4 is 0 Å². The molecule has 0 aromatic carbocycles. The normalized spacial score (nSPS) is 23.0. The number of hydrogen-bond donors (Lipinski definition) is 0. The van der Waals surface area contributed by atoms with Gasteiger partial charge in [0.05, 0.1) is 6.54 Å². The Bertz CT molecular complexity index is 291. The van der Waals surface area contributed by atoms with E-state index in [0.29, 0.717) is 0 Å². The fourth-order valence-electron chi connectivity index (χ4n) is 0.892. The summed E-state index contributed by atoms with van der Waals surface area (Å²) in [6, 6.07) is -2.88. The quantitative estimate of drug-likeness (QED) is 0.524. The molecule has 1 heterocycles. The summed E-state index contributed by atoms with van der Waals surface area (Å²) < 4.78 is 95.9. The Morgan fingerprint density at radius 3 is 1.75 bits per heavy atom. The van der Waals surface area contributed by atoms with Gasteiger partial charge in [-0.1, -0.05) is 5.22 Å². The van der Waals surface area contributed by atoms with Crippen LogP contribution >= 0.6 is 0 Å². The van der Waals surface area contributed by atoms with Crippen LogP contribution in [0, 0.1) is 0 Å². The molecule has 0 spiro atoms. The highest BCUT2D eigenvalue weighted by Gasteiger charge is 2.65. The average Bonchev–Trinajstić information content (AvgIpc) is 2.47. The predicted molar refractivity (Wildman–Crippen MR) is 32.4 cm³/mol. The molecular formula is C5H3F8N3. The SMILES string of the molecule is FC(F)(F)N1CC(C(F)(F)C(F)(F)F)N=N1. The molecule has 16 heavy (non-hydrogen) atoms. The second kappa shape index (κ2) is 3.42. The first kappa shape index (κ1) is 12.9. The summed E-state index contributed by atoms with van der Waals surface area (Å²) in [7, 11) is 0. The zero-order valence-corrected chi connectivity index (χ0v) is 7.15. The summed E-state index contributed by atoms with van der Waals surface area (Å²) in [5.41, 5.74) is 0. The van der Waals surface area contributed by atoms with Crippen LogP contribution in [-0.4, -0.2) is 36.0 Å². The Kier molecular flexibility index (Phi) is 2.76. The average molecular weight is 257 g/mol. The summed E-state index contributed by atoms with van der Waals surface area (Å²) in [6.07, 6.45) is -11.1. The molecule has 0 saturated carbocycles. The molecule has 0 amide bonds. The van der Waals surface area contributed by atoms with E-state index in [1.807, 2.05) is 0 Å². The van der Waals surface area contributed by atoms with Crippen LogP contribution in [0.3, 0.4) is 0 Å². The highest BCUT2D eigenvalue weighted by molar-refractivity contribution is 4.93. The van der Waals surface area contributed by atoms with E-state index in [1.54, 1.807) is 0 Å². The van der Waals surface area contributed by atoms with E-state index in [2.05, 4.69) is 10.3 Å². The van der Waals surface area contributed by atoms with E-state index in [4.69, 9.17) is 0 Å². The van der Waals surface area contributed by atoms with E-state index >= 15 is 0 Å². The van der Waals surface area contributed by atoms with Crippen molar-refractivity contribution < 1.29 is 35.1 Å². The fourth-order valence-corrected chi connectivity index (χ4v) is 0.892. The van der Waals surface area contributed by atoms with Gasteiger partial charge in [-0.15, -0.1) is 13.2 Å². The molecule has 94 valence electrons. The van der Waals surface area contributed by atoms with Gasteiger partial charge in [-0.3, -0.25) is 0 Å². The third-order valence-electron chi connectivity index (χ3n) is 1.73. The molecule has 0 aromatic heterocycles. The van der Waals surface area contributed by atoms with Gasteiger partial charge >= 0.3 is 18.4 Å². The van der Waals surface area contributed by atoms with Crippen LogP contribution in [0.4, 0.5) is 35.1 Å². The number of halogens is 8. The largest absolute Gasteiger partial charge is 0.501 e. The minimum atomic E-state index is -5.96. The Morgan fingerprint density at radius 2 is 1.44 bits per heavy atom. The monoisotopic (exact) mass is 257 g/mol. The van der Waals surface area contributed by atoms with Crippen LogP contribution in [-0.2, 0) is 0 Å². The maximum atomic E-state index is 12.5. The van der Waals surface area contributed by atoms with Gasteiger partial charge in [-0.05, 0) is 0 Å². The number of nitrogens with zero attached hydrogens (tertiary/aromatic N) is 3. The number of alkyl halides is 8. The highest BCUT2D eigenvalue weighted by atomic mass is 19.4. The fraction of sp³-hybridized carbons (Fsp3) is 1.00. The molecule has 1 aliphatic heterocycles. The second-order valence-electron chi connectivity index (χ2n) is 2.89. The van der Waals surface area contributed by atoms with Crippen LogP contribution < -0.4 is 0 Å². The van der Waals surface area contributed by atoms with Crippen LogP contribution in [0.2, 0.25) is 0 Å². The molecule has 0 saturated heterocycles. The Hall–Kier alpha value is -1.16. The van der Waals surface area contributed by atoms with Crippen LogP contribution in [0.15, 0.2) is 10.3 Å². The number of hydrogen-bond acceptors (Lipinski definition) is 3. The lowest BCUT2D eigenvalue weighted by atomic mass is 10.1. The van der Waals surface area contributed by atoms with Crippen LogP contribution in [0.25, 0.3) is 0 Å². The first-order valence-corrected chi connectivity index (χ1v) is 3.66. The van der Waals surface area contributed by atoms with E-state index in [1.165, 1.54) is 0 Å². The smallest absolute Gasteiger partial charge is 0.194 e. The van der Waals surface area contributed by atoms with Gasteiger partial charge in [0.1, 0.15) is 0 Å². The van der Waals surface area contributed by atoms with Crippen molar-refractivity contribution in [2.24, 2.45) is 10.3 Å². The molecule has 0 bridgehead atoms. The van der Waals surface area contributed by atoms with Crippen molar-refractivity contribution in [3.8, 4) is 0 Å². The van der Waals surface area contributed by atoms with Gasteiger partial charge in [0, 0.05) is 0 Å². The molecule has 0 aromatic rings. The van der Waals surface area contributed by atoms with Gasteiger partial charge in [-0.2, -0.15) is 32.1 Å². The first-order valence-electron chi connectivity index (χ1n) is 3.66. The molecule has 11 heteroatoms. The molecule has 0 fully saturated rings. The number of rotatable bonds is 1. The lowest BCUT2D eigenvalue weighted by Gasteiger charge is -2.23. The minimum absolute atomic E-state index is 0.878. The van der Waals surface area contributed by atoms with Gasteiger partial charge in [0.15, 0.2) is 6.04 Å². The minimum Gasteiger partial charge on any atom is -0.194 e. The third-order valence-corrected chi connectivity index (χ3v) is 1.73. The van der Waals surface area contributed by atoms with Crippen molar-refractivity contribution in [2.45, 2.75) is 24.4 Å². The molecule has 3 nitrogen and oxygen atoms in total. The lowest BCUT2D eigenvalue weighted by molar-refractivity contribution is -0.293. The van der Waals surface area contributed by atoms with E-state index < -0.39 is 36.0 Å². The van der Waals surface area contributed by atoms with Crippen molar-refractivity contribution in [3.63, 3.8) is 0 Å². The summed E-state index contributed by atoms with van der Waals surface area (Å²) in [6.45, 7) is -1.66. The Balaban J connectivity index is 2.79. The van der Waals surface area contributed by atoms with Crippen molar-refractivity contribution in [1.29, 1.82) is 0 Å². The maximum absolute atomic E-state index is 12.5. The molecular weight excluding hydrogens is 254 g/mol. The van der Waals surface area contributed by atoms with E-state index in [0.717, 1.165) is 0 Å². The zero-order valence-electron chi connectivity index (χ0n) is 7.15.